The van der Waals surface area contributed by atoms with Crippen molar-refractivity contribution < 1.29 is 8.78 Å². The Morgan fingerprint density at radius 1 is 1.29 bits per heavy atom. The van der Waals surface area contributed by atoms with Crippen LogP contribution < -0.4 is 5.32 Å². The van der Waals surface area contributed by atoms with Crippen LogP contribution in [0.1, 0.15) is 59.3 Å². The molecule has 3 heteroatoms. The Hall–Kier alpha value is -0.180. The first-order valence-electron chi connectivity index (χ1n) is 7.00. The number of alkyl halides is 2. The van der Waals surface area contributed by atoms with Gasteiger partial charge in [-0.2, -0.15) is 0 Å². The maximum Gasteiger partial charge on any atom is 0.248 e. The maximum atomic E-state index is 13.3. The van der Waals surface area contributed by atoms with Crippen LogP contribution >= 0.6 is 0 Å². The molecule has 0 bridgehead atoms. The van der Waals surface area contributed by atoms with Crippen LogP contribution in [0.2, 0.25) is 0 Å². The molecule has 0 aromatic heterocycles. The third kappa shape index (κ3) is 6.35. The van der Waals surface area contributed by atoms with Crippen molar-refractivity contribution in [1.29, 1.82) is 0 Å². The van der Waals surface area contributed by atoms with Crippen molar-refractivity contribution in [1.82, 2.24) is 5.32 Å². The molecule has 0 aromatic carbocycles. The van der Waals surface area contributed by atoms with E-state index in [0.717, 1.165) is 25.8 Å². The lowest BCUT2D eigenvalue weighted by molar-refractivity contribution is -0.0554. The van der Waals surface area contributed by atoms with Gasteiger partial charge in [-0.3, -0.25) is 0 Å². The lowest BCUT2D eigenvalue weighted by Crippen LogP contribution is -2.28. The molecule has 2 atom stereocenters. The Morgan fingerprint density at radius 3 is 2.59 bits per heavy atom. The zero-order valence-corrected chi connectivity index (χ0v) is 11.4. The molecule has 1 rings (SSSR count). The van der Waals surface area contributed by atoms with Gasteiger partial charge in [0.2, 0.25) is 5.92 Å². The van der Waals surface area contributed by atoms with Crippen LogP contribution in [0.15, 0.2) is 0 Å². The molecule has 102 valence electrons. The third-order valence-corrected chi connectivity index (χ3v) is 3.67. The van der Waals surface area contributed by atoms with Gasteiger partial charge in [-0.15, -0.1) is 0 Å². The van der Waals surface area contributed by atoms with Gasteiger partial charge in [0.25, 0.3) is 0 Å². The second kappa shape index (κ2) is 6.67. The van der Waals surface area contributed by atoms with E-state index in [1.54, 1.807) is 0 Å². The number of rotatable bonds is 6. The number of hydrogen-bond donors (Lipinski definition) is 1. The summed E-state index contributed by atoms with van der Waals surface area (Å²) in [6.07, 6.45) is 3.99. The molecular formula is C14H27F2N. The van der Waals surface area contributed by atoms with Gasteiger partial charge < -0.3 is 5.32 Å². The summed E-state index contributed by atoms with van der Waals surface area (Å²) in [6, 6.07) is 0.515. The topological polar surface area (TPSA) is 12.0 Å². The smallest absolute Gasteiger partial charge is 0.248 e. The molecule has 0 aromatic rings. The van der Waals surface area contributed by atoms with Crippen molar-refractivity contribution in [2.24, 2.45) is 11.8 Å². The van der Waals surface area contributed by atoms with Gasteiger partial charge in [-0.05, 0) is 37.6 Å². The van der Waals surface area contributed by atoms with Crippen LogP contribution in [0.4, 0.5) is 8.78 Å². The van der Waals surface area contributed by atoms with Crippen molar-refractivity contribution in [3.05, 3.63) is 0 Å². The van der Waals surface area contributed by atoms with Crippen molar-refractivity contribution in [2.75, 3.05) is 6.54 Å². The average molecular weight is 247 g/mol. The summed E-state index contributed by atoms with van der Waals surface area (Å²) in [5.74, 6) is -1.59. The summed E-state index contributed by atoms with van der Waals surface area (Å²) < 4.78 is 26.5. The molecule has 0 heterocycles. The quantitative estimate of drug-likeness (QED) is 0.740. The monoisotopic (exact) mass is 247 g/mol. The molecule has 1 aliphatic carbocycles. The van der Waals surface area contributed by atoms with E-state index in [4.69, 9.17) is 0 Å². The molecular weight excluding hydrogens is 220 g/mol. The number of hydrogen-bond acceptors (Lipinski definition) is 1. The lowest BCUT2D eigenvalue weighted by atomic mass is 9.80. The highest BCUT2D eigenvalue weighted by molar-refractivity contribution is 4.79. The number of halogens is 2. The summed E-state index contributed by atoms with van der Waals surface area (Å²) in [4.78, 5) is 0. The average Bonchev–Trinajstić information content (AvgIpc) is 2.14. The number of nitrogens with one attached hydrogen (secondary N) is 1. The SMILES string of the molecule is CC(CCNC(C)C)CC1CCCC(F)(F)C1. The summed E-state index contributed by atoms with van der Waals surface area (Å²) in [5, 5.41) is 3.38. The first-order valence-corrected chi connectivity index (χ1v) is 7.00. The van der Waals surface area contributed by atoms with Crippen LogP contribution in [-0.4, -0.2) is 18.5 Å². The van der Waals surface area contributed by atoms with E-state index in [0.29, 0.717) is 18.4 Å². The van der Waals surface area contributed by atoms with E-state index < -0.39 is 5.92 Å². The normalized spacial score (nSPS) is 26.1. The summed E-state index contributed by atoms with van der Waals surface area (Å²) in [5.41, 5.74) is 0. The van der Waals surface area contributed by atoms with Gasteiger partial charge in [0, 0.05) is 18.9 Å². The molecule has 1 nitrogen and oxygen atoms in total. The van der Waals surface area contributed by atoms with Gasteiger partial charge in [0.1, 0.15) is 0 Å². The Balaban J connectivity index is 2.19. The van der Waals surface area contributed by atoms with Crippen LogP contribution in [-0.2, 0) is 0 Å². The zero-order chi connectivity index (χ0) is 12.9. The van der Waals surface area contributed by atoms with Crippen LogP contribution in [0.25, 0.3) is 0 Å². The van der Waals surface area contributed by atoms with Crippen molar-refractivity contribution in [3.63, 3.8) is 0 Å². The van der Waals surface area contributed by atoms with Crippen LogP contribution in [0, 0.1) is 11.8 Å². The van der Waals surface area contributed by atoms with Crippen molar-refractivity contribution in [3.8, 4) is 0 Å². The van der Waals surface area contributed by atoms with Crippen LogP contribution in [0.5, 0.6) is 0 Å². The Kier molecular flexibility index (Phi) is 5.84. The Morgan fingerprint density at radius 2 is 2.00 bits per heavy atom. The van der Waals surface area contributed by atoms with Gasteiger partial charge in [-0.25, -0.2) is 8.78 Å². The molecule has 17 heavy (non-hydrogen) atoms. The fourth-order valence-electron chi connectivity index (χ4n) is 2.78. The van der Waals surface area contributed by atoms with Crippen molar-refractivity contribution >= 4 is 0 Å². The first kappa shape index (κ1) is 14.9. The van der Waals surface area contributed by atoms with Gasteiger partial charge in [0.05, 0.1) is 0 Å². The second-order valence-electron chi connectivity index (χ2n) is 6.06. The standard InChI is InChI=1S/C14H27F2N/c1-11(2)17-8-6-12(3)9-13-5-4-7-14(15,16)10-13/h11-13,17H,4-10H2,1-3H3. The van der Waals surface area contributed by atoms with E-state index in [9.17, 15) is 8.78 Å². The van der Waals surface area contributed by atoms with Gasteiger partial charge in [-0.1, -0.05) is 27.2 Å². The Labute approximate surface area is 104 Å². The van der Waals surface area contributed by atoms with E-state index >= 15 is 0 Å². The minimum Gasteiger partial charge on any atom is -0.315 e. The fourth-order valence-corrected chi connectivity index (χ4v) is 2.78. The summed E-state index contributed by atoms with van der Waals surface area (Å²) in [6.45, 7) is 7.45. The molecule has 0 saturated heterocycles. The van der Waals surface area contributed by atoms with Crippen molar-refractivity contribution in [2.45, 2.75) is 71.3 Å². The molecule has 0 amide bonds. The third-order valence-electron chi connectivity index (χ3n) is 3.67. The summed E-state index contributed by atoms with van der Waals surface area (Å²) >= 11 is 0. The molecule has 1 saturated carbocycles. The zero-order valence-electron chi connectivity index (χ0n) is 11.4. The van der Waals surface area contributed by atoms with E-state index in [1.165, 1.54) is 0 Å². The fraction of sp³-hybridized carbons (Fsp3) is 1.00. The molecule has 0 aliphatic heterocycles. The first-order chi connectivity index (χ1) is 7.89. The van der Waals surface area contributed by atoms with E-state index in [1.807, 2.05) is 0 Å². The van der Waals surface area contributed by atoms with E-state index in [2.05, 4.69) is 26.1 Å². The largest absolute Gasteiger partial charge is 0.315 e. The molecule has 1 aliphatic rings. The highest BCUT2D eigenvalue weighted by Crippen LogP contribution is 2.39. The van der Waals surface area contributed by atoms with Crippen LogP contribution in [0.3, 0.4) is 0 Å². The maximum absolute atomic E-state index is 13.3. The molecule has 1 fully saturated rings. The molecule has 1 N–H and O–H groups in total. The molecule has 0 spiro atoms. The highest BCUT2D eigenvalue weighted by Gasteiger charge is 2.36. The van der Waals surface area contributed by atoms with Gasteiger partial charge in [0.15, 0.2) is 0 Å². The minimum absolute atomic E-state index is 0.104. The van der Waals surface area contributed by atoms with E-state index in [-0.39, 0.29) is 18.8 Å². The lowest BCUT2D eigenvalue weighted by Gasteiger charge is -2.30. The predicted molar refractivity (Wildman–Crippen MR) is 68.4 cm³/mol. The highest BCUT2D eigenvalue weighted by atomic mass is 19.3. The van der Waals surface area contributed by atoms with Gasteiger partial charge >= 0.3 is 0 Å². The Bertz CT molecular complexity index is 216. The molecule has 2 unspecified atom stereocenters. The second-order valence-corrected chi connectivity index (χ2v) is 6.06. The predicted octanol–water partition coefficient (Wildman–Crippen LogP) is 4.23. The molecule has 0 radical (unpaired) electrons. The minimum atomic E-state index is -2.39. The summed E-state index contributed by atoms with van der Waals surface area (Å²) in [7, 11) is 0.